The van der Waals surface area contributed by atoms with Gasteiger partial charge in [-0.25, -0.2) is 9.50 Å². The normalized spacial score (nSPS) is 22.0. The number of likely N-dealkylation sites (tertiary alicyclic amines) is 1. The van der Waals surface area contributed by atoms with E-state index in [9.17, 15) is 18.0 Å². The minimum atomic E-state index is -4.50. The van der Waals surface area contributed by atoms with Gasteiger partial charge in [0, 0.05) is 36.7 Å². The molecular formula is C20H25F3N4O. The molecule has 0 N–H and O–H groups in total. The Hall–Kier alpha value is -2.12. The number of aromatic nitrogens is 3. The van der Waals surface area contributed by atoms with Gasteiger partial charge in [-0.05, 0) is 38.7 Å². The molecule has 0 bridgehead atoms. The fraction of sp³-hybridized carbons (Fsp3) is 0.650. The van der Waals surface area contributed by atoms with E-state index < -0.39 is 11.9 Å². The van der Waals surface area contributed by atoms with Gasteiger partial charge in [0.15, 0.2) is 5.65 Å². The minimum absolute atomic E-state index is 0.0515. The van der Waals surface area contributed by atoms with E-state index in [-0.39, 0.29) is 23.4 Å². The average molecular weight is 394 g/mol. The summed E-state index contributed by atoms with van der Waals surface area (Å²) in [5.41, 5.74) is 0.291. The molecule has 0 spiro atoms. The molecule has 1 atom stereocenters. The van der Waals surface area contributed by atoms with E-state index in [0.29, 0.717) is 17.9 Å². The Kier molecular flexibility index (Phi) is 5.05. The zero-order valence-corrected chi connectivity index (χ0v) is 16.0. The van der Waals surface area contributed by atoms with E-state index in [1.165, 1.54) is 6.42 Å². The van der Waals surface area contributed by atoms with E-state index >= 15 is 0 Å². The summed E-state index contributed by atoms with van der Waals surface area (Å²) >= 11 is 0. The highest BCUT2D eigenvalue weighted by atomic mass is 19.4. The molecule has 0 radical (unpaired) electrons. The van der Waals surface area contributed by atoms with Crippen LogP contribution in [0.1, 0.15) is 67.9 Å². The molecular weight excluding hydrogens is 369 g/mol. The second kappa shape index (κ2) is 7.37. The largest absolute Gasteiger partial charge is 0.433 e. The molecule has 2 aromatic heterocycles. The monoisotopic (exact) mass is 394 g/mol. The summed E-state index contributed by atoms with van der Waals surface area (Å²) in [6.45, 7) is 2.80. The Labute approximate surface area is 161 Å². The SMILES string of the molecule is Cc1cc(C(F)(F)F)n2nc(C3CCCN(C(=O)C4CCCCC4)C3)cc2n1. The van der Waals surface area contributed by atoms with Gasteiger partial charge in [-0.3, -0.25) is 4.79 Å². The standard InChI is InChI=1S/C20H25F3N4O/c1-13-10-17(20(21,22)23)27-18(24-13)11-16(25-27)15-8-5-9-26(12-15)19(28)14-6-3-2-4-7-14/h10-11,14-15H,2-9,12H2,1H3. The third kappa shape index (κ3) is 3.73. The lowest BCUT2D eigenvalue weighted by Gasteiger charge is -2.35. The zero-order valence-electron chi connectivity index (χ0n) is 16.0. The Morgan fingerprint density at radius 3 is 2.57 bits per heavy atom. The van der Waals surface area contributed by atoms with Gasteiger partial charge in [0.2, 0.25) is 5.91 Å². The van der Waals surface area contributed by atoms with Crippen LogP contribution < -0.4 is 0 Å². The van der Waals surface area contributed by atoms with E-state index in [1.807, 2.05) is 4.90 Å². The molecule has 4 rings (SSSR count). The summed E-state index contributed by atoms with van der Waals surface area (Å²) in [7, 11) is 0. The Balaban J connectivity index is 1.58. The molecule has 1 unspecified atom stereocenters. The first-order chi connectivity index (χ1) is 13.3. The number of carbonyl (C=O) groups is 1. The van der Waals surface area contributed by atoms with Crippen molar-refractivity contribution in [3.63, 3.8) is 0 Å². The van der Waals surface area contributed by atoms with Gasteiger partial charge in [0.25, 0.3) is 0 Å². The summed E-state index contributed by atoms with van der Waals surface area (Å²) in [5.74, 6) is 0.261. The highest BCUT2D eigenvalue weighted by Gasteiger charge is 2.36. The topological polar surface area (TPSA) is 50.5 Å². The maximum Gasteiger partial charge on any atom is 0.433 e. The van der Waals surface area contributed by atoms with E-state index in [0.717, 1.165) is 55.7 Å². The first-order valence-corrected chi connectivity index (χ1v) is 10.1. The van der Waals surface area contributed by atoms with Crippen molar-refractivity contribution in [1.29, 1.82) is 0 Å². The summed E-state index contributed by atoms with van der Waals surface area (Å²) in [6, 6.07) is 2.66. The number of amides is 1. The lowest BCUT2D eigenvalue weighted by molar-refractivity contribution is -0.142. The zero-order chi connectivity index (χ0) is 19.9. The molecule has 8 heteroatoms. The van der Waals surface area contributed by atoms with Crippen molar-refractivity contribution in [3.05, 3.63) is 29.2 Å². The molecule has 1 aliphatic carbocycles. The molecule has 28 heavy (non-hydrogen) atoms. The van der Waals surface area contributed by atoms with Crippen molar-refractivity contribution in [3.8, 4) is 0 Å². The van der Waals surface area contributed by atoms with Crippen LogP contribution >= 0.6 is 0 Å². The van der Waals surface area contributed by atoms with Crippen molar-refractivity contribution in [1.82, 2.24) is 19.5 Å². The summed E-state index contributed by atoms with van der Waals surface area (Å²) < 4.78 is 41.0. The van der Waals surface area contributed by atoms with Gasteiger partial charge in [-0.1, -0.05) is 19.3 Å². The molecule has 0 aromatic carbocycles. The fourth-order valence-electron chi connectivity index (χ4n) is 4.55. The first-order valence-electron chi connectivity index (χ1n) is 10.1. The van der Waals surface area contributed by atoms with Crippen LogP contribution in [0.3, 0.4) is 0 Å². The van der Waals surface area contributed by atoms with E-state index in [1.54, 1.807) is 13.0 Å². The van der Waals surface area contributed by atoms with Gasteiger partial charge in [-0.2, -0.15) is 18.3 Å². The molecule has 2 fully saturated rings. The lowest BCUT2D eigenvalue weighted by atomic mass is 9.87. The maximum absolute atomic E-state index is 13.4. The van der Waals surface area contributed by atoms with Crippen LogP contribution in [0.5, 0.6) is 0 Å². The average Bonchev–Trinajstić information content (AvgIpc) is 3.10. The van der Waals surface area contributed by atoms with Crippen LogP contribution in [0.2, 0.25) is 0 Å². The van der Waals surface area contributed by atoms with E-state index in [2.05, 4.69) is 10.1 Å². The van der Waals surface area contributed by atoms with Crippen molar-refractivity contribution in [2.24, 2.45) is 5.92 Å². The number of alkyl halides is 3. The molecule has 3 heterocycles. The van der Waals surface area contributed by atoms with Gasteiger partial charge in [0.1, 0.15) is 5.69 Å². The number of hydrogen-bond acceptors (Lipinski definition) is 3. The van der Waals surface area contributed by atoms with Crippen LogP contribution in [0, 0.1) is 12.8 Å². The number of halogens is 3. The van der Waals surface area contributed by atoms with Gasteiger partial charge >= 0.3 is 6.18 Å². The smallest absolute Gasteiger partial charge is 0.342 e. The number of carbonyl (C=O) groups excluding carboxylic acids is 1. The molecule has 1 saturated heterocycles. The number of nitrogens with zero attached hydrogens (tertiary/aromatic N) is 4. The third-order valence-electron chi connectivity index (χ3n) is 5.97. The van der Waals surface area contributed by atoms with Crippen molar-refractivity contribution in [2.75, 3.05) is 13.1 Å². The fourth-order valence-corrected chi connectivity index (χ4v) is 4.55. The number of aryl methyl sites for hydroxylation is 1. The second-order valence-corrected chi connectivity index (χ2v) is 8.08. The van der Waals surface area contributed by atoms with Gasteiger partial charge in [-0.15, -0.1) is 0 Å². The van der Waals surface area contributed by atoms with Crippen LogP contribution in [0.15, 0.2) is 12.1 Å². The van der Waals surface area contributed by atoms with Crippen LogP contribution in [0.25, 0.3) is 5.65 Å². The third-order valence-corrected chi connectivity index (χ3v) is 5.97. The maximum atomic E-state index is 13.4. The molecule has 2 aromatic rings. The van der Waals surface area contributed by atoms with Gasteiger partial charge in [0.05, 0.1) is 5.69 Å². The lowest BCUT2D eigenvalue weighted by Crippen LogP contribution is -2.42. The van der Waals surface area contributed by atoms with Crippen LogP contribution in [0.4, 0.5) is 13.2 Å². The second-order valence-electron chi connectivity index (χ2n) is 8.08. The van der Waals surface area contributed by atoms with Gasteiger partial charge < -0.3 is 4.90 Å². The summed E-state index contributed by atoms with van der Waals surface area (Å²) in [5, 5.41) is 4.25. The Morgan fingerprint density at radius 1 is 1.11 bits per heavy atom. The summed E-state index contributed by atoms with van der Waals surface area (Å²) in [4.78, 5) is 19.0. The van der Waals surface area contributed by atoms with Crippen LogP contribution in [-0.4, -0.2) is 38.5 Å². The molecule has 1 aliphatic heterocycles. The summed E-state index contributed by atoms with van der Waals surface area (Å²) in [6.07, 6.45) is 2.47. The molecule has 5 nitrogen and oxygen atoms in total. The number of piperidine rings is 1. The minimum Gasteiger partial charge on any atom is -0.342 e. The molecule has 2 aliphatic rings. The van der Waals surface area contributed by atoms with Crippen molar-refractivity contribution in [2.45, 2.75) is 64.0 Å². The van der Waals surface area contributed by atoms with Crippen LogP contribution in [-0.2, 0) is 11.0 Å². The highest BCUT2D eigenvalue weighted by molar-refractivity contribution is 5.79. The van der Waals surface area contributed by atoms with Crippen molar-refractivity contribution >= 4 is 11.6 Å². The van der Waals surface area contributed by atoms with E-state index in [4.69, 9.17) is 0 Å². The number of rotatable bonds is 2. The molecule has 1 amide bonds. The number of hydrogen-bond donors (Lipinski definition) is 0. The quantitative estimate of drug-likeness (QED) is 0.761. The van der Waals surface area contributed by atoms with Crippen molar-refractivity contribution < 1.29 is 18.0 Å². The predicted octanol–water partition coefficient (Wildman–Crippen LogP) is 4.34. The first kappa shape index (κ1) is 19.2. The highest BCUT2D eigenvalue weighted by Crippen LogP contribution is 2.33. The Morgan fingerprint density at radius 2 is 1.86 bits per heavy atom. The number of fused-ring (bicyclic) bond motifs is 1. The Bertz CT molecular complexity index is 870. The predicted molar refractivity (Wildman–Crippen MR) is 97.9 cm³/mol. The molecule has 1 saturated carbocycles. The molecule has 152 valence electrons.